The highest BCUT2D eigenvalue weighted by atomic mass is 32.2. The molecule has 0 amide bonds. The molecule has 4 unspecified atom stereocenters. The van der Waals surface area contributed by atoms with Crippen molar-refractivity contribution in [3.63, 3.8) is 0 Å². The number of rotatable bonds is 2. The number of benzene rings is 1. The summed E-state index contributed by atoms with van der Waals surface area (Å²) in [5, 5.41) is 41.0. The van der Waals surface area contributed by atoms with Crippen LogP contribution >= 0.6 is 11.8 Å². The van der Waals surface area contributed by atoms with Crippen molar-refractivity contribution in [2.45, 2.75) is 29.4 Å². The normalized spacial score (nSPS) is 29.4. The van der Waals surface area contributed by atoms with Gasteiger partial charge >= 0.3 is 0 Å². The molecule has 2 heterocycles. The summed E-state index contributed by atoms with van der Waals surface area (Å²) in [4.78, 5) is 0.836. The summed E-state index contributed by atoms with van der Waals surface area (Å²) in [6.07, 6.45) is -2.54. The predicted octanol–water partition coefficient (Wildman–Crippen LogP) is 0.826. The average Bonchev–Trinajstić information content (AvgIpc) is 2.88. The van der Waals surface area contributed by atoms with Gasteiger partial charge in [-0.05, 0) is 36.0 Å². The van der Waals surface area contributed by atoms with Gasteiger partial charge in [0, 0.05) is 16.5 Å². The Morgan fingerprint density at radius 2 is 2.05 bits per heavy atom. The summed E-state index contributed by atoms with van der Waals surface area (Å²) in [5.74, 6) is 0. The van der Waals surface area contributed by atoms with Crippen molar-refractivity contribution in [2.24, 2.45) is 0 Å². The highest BCUT2D eigenvalue weighted by molar-refractivity contribution is 8.03. The second-order valence-corrected chi connectivity index (χ2v) is 5.77. The minimum absolute atomic E-state index is 0.0368. The maximum absolute atomic E-state index is 10.1. The number of aliphatic hydroxyl groups is 3. The molecule has 1 aliphatic rings. The van der Waals surface area contributed by atoms with E-state index in [1.54, 1.807) is 10.8 Å². The second-order valence-electron chi connectivity index (χ2n) is 4.91. The van der Waals surface area contributed by atoms with Gasteiger partial charge in [-0.3, -0.25) is 0 Å². The molecule has 21 heavy (non-hydrogen) atoms. The molecule has 6 nitrogen and oxygen atoms in total. The molecule has 3 rings (SSSR count). The Hall–Kier alpha value is -1.56. The highest BCUT2D eigenvalue weighted by Gasteiger charge is 2.38. The van der Waals surface area contributed by atoms with Crippen LogP contribution in [0.5, 0.6) is 0 Å². The summed E-state index contributed by atoms with van der Waals surface area (Å²) in [6, 6.07) is 7.38. The summed E-state index contributed by atoms with van der Waals surface area (Å²) in [7, 11) is 0. The number of aromatic nitrogens is 1. The lowest BCUT2D eigenvalue weighted by Crippen LogP contribution is -2.50. The van der Waals surface area contributed by atoms with Gasteiger partial charge in [-0.2, -0.15) is 5.26 Å². The molecule has 110 valence electrons. The number of aliphatic hydroxyl groups excluding tert-OH is 3. The van der Waals surface area contributed by atoms with E-state index in [1.165, 1.54) is 0 Å². The van der Waals surface area contributed by atoms with E-state index in [2.05, 4.69) is 0 Å². The molecule has 2 aromatic rings. The number of thioether (sulfide) groups is 1. The molecule has 0 radical (unpaired) electrons. The maximum atomic E-state index is 10.1. The Morgan fingerprint density at radius 1 is 1.24 bits per heavy atom. The minimum atomic E-state index is -1.24. The molecule has 3 N–H and O–H groups in total. The molecule has 4 atom stereocenters. The van der Waals surface area contributed by atoms with E-state index in [1.807, 2.05) is 29.7 Å². The van der Waals surface area contributed by atoms with Gasteiger partial charge in [0.05, 0.1) is 12.1 Å². The predicted molar refractivity (Wildman–Crippen MR) is 76.4 cm³/mol. The van der Waals surface area contributed by atoms with Gasteiger partial charge in [0.1, 0.15) is 23.7 Å². The summed E-state index contributed by atoms with van der Waals surface area (Å²) < 4.78 is 7.17. The third-order valence-corrected chi connectivity index (χ3v) is 4.18. The van der Waals surface area contributed by atoms with Crippen LogP contribution in [0.4, 0.5) is 0 Å². The zero-order valence-electron chi connectivity index (χ0n) is 11.0. The Balaban J connectivity index is 1.96. The Labute approximate surface area is 125 Å². The largest absolute Gasteiger partial charge is 0.388 e. The first kappa shape index (κ1) is 14.4. The SMILES string of the molecule is N#CSc1ccc2c(ccn2C2OCC(O)C(O)C2O)c1. The molecule has 1 fully saturated rings. The number of fused-ring (bicyclic) bond motifs is 1. The van der Waals surface area contributed by atoms with Gasteiger partial charge in [-0.25, -0.2) is 0 Å². The van der Waals surface area contributed by atoms with E-state index < -0.39 is 24.5 Å². The van der Waals surface area contributed by atoms with Crippen LogP contribution in [0.3, 0.4) is 0 Å². The zero-order chi connectivity index (χ0) is 15.0. The van der Waals surface area contributed by atoms with Gasteiger partial charge in [0.25, 0.3) is 0 Å². The van der Waals surface area contributed by atoms with E-state index >= 15 is 0 Å². The third kappa shape index (κ3) is 2.52. The Kier molecular flexibility index (Phi) is 3.89. The van der Waals surface area contributed by atoms with Gasteiger partial charge < -0.3 is 24.6 Å². The third-order valence-electron chi connectivity index (χ3n) is 3.60. The van der Waals surface area contributed by atoms with Crippen molar-refractivity contribution in [2.75, 3.05) is 6.61 Å². The molecular formula is C14H14N2O4S. The van der Waals surface area contributed by atoms with E-state index in [-0.39, 0.29) is 6.61 Å². The maximum Gasteiger partial charge on any atom is 0.162 e. The smallest absolute Gasteiger partial charge is 0.162 e. The van der Waals surface area contributed by atoms with Crippen molar-refractivity contribution in [1.29, 1.82) is 5.26 Å². The zero-order valence-corrected chi connectivity index (χ0v) is 11.8. The molecule has 0 spiro atoms. The molecule has 0 saturated carbocycles. The Bertz CT molecular complexity index is 696. The van der Waals surface area contributed by atoms with Crippen molar-refractivity contribution in [1.82, 2.24) is 4.57 Å². The number of nitrogens with zero attached hydrogens (tertiary/aromatic N) is 2. The van der Waals surface area contributed by atoms with E-state index in [4.69, 9.17) is 10.00 Å². The lowest BCUT2D eigenvalue weighted by molar-refractivity contribution is -0.209. The van der Waals surface area contributed by atoms with Crippen LogP contribution in [0.25, 0.3) is 10.9 Å². The van der Waals surface area contributed by atoms with E-state index in [0.29, 0.717) is 0 Å². The number of hydrogen-bond donors (Lipinski definition) is 3. The molecule has 1 saturated heterocycles. The van der Waals surface area contributed by atoms with E-state index in [0.717, 1.165) is 27.6 Å². The number of nitriles is 1. The van der Waals surface area contributed by atoms with Gasteiger partial charge in [-0.1, -0.05) is 0 Å². The average molecular weight is 306 g/mol. The fourth-order valence-corrected chi connectivity index (χ4v) is 2.94. The molecule has 1 aliphatic heterocycles. The quantitative estimate of drug-likeness (QED) is 0.561. The highest BCUT2D eigenvalue weighted by Crippen LogP contribution is 2.30. The van der Waals surface area contributed by atoms with Crippen molar-refractivity contribution in [3.05, 3.63) is 30.5 Å². The van der Waals surface area contributed by atoms with E-state index in [9.17, 15) is 15.3 Å². The molecule has 1 aromatic carbocycles. The molecule has 7 heteroatoms. The van der Waals surface area contributed by atoms with Crippen LogP contribution in [-0.2, 0) is 4.74 Å². The summed E-state index contributed by atoms with van der Waals surface area (Å²) >= 11 is 1.08. The first-order valence-electron chi connectivity index (χ1n) is 6.44. The monoisotopic (exact) mass is 306 g/mol. The van der Waals surface area contributed by atoms with Gasteiger partial charge in [0.2, 0.25) is 0 Å². The van der Waals surface area contributed by atoms with Crippen LogP contribution < -0.4 is 0 Å². The fourth-order valence-electron chi connectivity index (χ4n) is 2.52. The lowest BCUT2D eigenvalue weighted by Gasteiger charge is -2.36. The van der Waals surface area contributed by atoms with Crippen LogP contribution in [0.2, 0.25) is 0 Å². The first-order valence-corrected chi connectivity index (χ1v) is 7.26. The summed E-state index contributed by atoms with van der Waals surface area (Å²) in [6.45, 7) is -0.0368. The molecule has 0 bridgehead atoms. The molecule has 0 aliphatic carbocycles. The van der Waals surface area contributed by atoms with Crippen molar-refractivity contribution >= 4 is 22.7 Å². The standard InChI is InChI=1S/C14H14N2O4S/c15-7-21-9-1-2-10-8(5-9)3-4-16(10)14-13(19)12(18)11(17)6-20-14/h1-5,11-14,17-19H,6H2. The Morgan fingerprint density at radius 3 is 2.81 bits per heavy atom. The first-order chi connectivity index (χ1) is 10.1. The van der Waals surface area contributed by atoms with Crippen LogP contribution in [0.15, 0.2) is 35.4 Å². The second kappa shape index (κ2) is 5.67. The molecule has 1 aromatic heterocycles. The van der Waals surface area contributed by atoms with Crippen LogP contribution in [-0.4, -0.2) is 44.8 Å². The van der Waals surface area contributed by atoms with Gasteiger partial charge in [0.15, 0.2) is 6.23 Å². The molecular weight excluding hydrogens is 292 g/mol. The number of ether oxygens (including phenoxy) is 1. The van der Waals surface area contributed by atoms with Crippen LogP contribution in [0, 0.1) is 10.7 Å². The summed E-state index contributed by atoms with van der Waals surface area (Å²) in [5.41, 5.74) is 0.824. The topological polar surface area (TPSA) is 98.6 Å². The van der Waals surface area contributed by atoms with Crippen LogP contribution in [0.1, 0.15) is 6.23 Å². The number of thiocyanates is 1. The lowest BCUT2D eigenvalue weighted by atomic mass is 10.0. The minimum Gasteiger partial charge on any atom is -0.388 e. The van der Waals surface area contributed by atoms with Gasteiger partial charge in [-0.15, -0.1) is 0 Å². The number of hydrogen-bond acceptors (Lipinski definition) is 6. The fraction of sp³-hybridized carbons (Fsp3) is 0.357. The van der Waals surface area contributed by atoms with Crippen molar-refractivity contribution in [3.8, 4) is 5.40 Å². The van der Waals surface area contributed by atoms with Crippen molar-refractivity contribution < 1.29 is 20.1 Å².